The molecule has 3 heterocycles. The zero-order valence-corrected chi connectivity index (χ0v) is 19.9. The molecule has 33 heavy (non-hydrogen) atoms. The van der Waals surface area contributed by atoms with Crippen molar-refractivity contribution in [3.63, 3.8) is 0 Å². The van der Waals surface area contributed by atoms with Gasteiger partial charge in [0.15, 0.2) is 11.5 Å². The molecule has 0 bridgehead atoms. The molecule has 3 aliphatic rings. The molecule has 3 aromatic rings. The van der Waals surface area contributed by atoms with E-state index in [-0.39, 0.29) is 0 Å². The van der Waals surface area contributed by atoms with E-state index in [0.29, 0.717) is 17.1 Å². The van der Waals surface area contributed by atoms with Gasteiger partial charge in [-0.15, -0.1) is 0 Å². The molecule has 2 aromatic carbocycles. The van der Waals surface area contributed by atoms with Crippen molar-refractivity contribution in [1.82, 2.24) is 20.2 Å². The van der Waals surface area contributed by atoms with Gasteiger partial charge in [-0.05, 0) is 92.4 Å². The fourth-order valence-electron chi connectivity index (χ4n) is 6.24. The number of ether oxygens (including phenoxy) is 2. The van der Waals surface area contributed by atoms with Crippen LogP contribution in [0.5, 0.6) is 11.5 Å². The number of aromatic amines is 1. The number of H-pyrrole nitrogens is 1. The Balaban J connectivity index is 1.19. The van der Waals surface area contributed by atoms with Gasteiger partial charge < -0.3 is 24.7 Å². The van der Waals surface area contributed by atoms with Crippen molar-refractivity contribution in [3.05, 3.63) is 41.5 Å². The predicted octanol–water partition coefficient (Wildman–Crippen LogP) is 4.49. The van der Waals surface area contributed by atoms with Crippen LogP contribution in [0.2, 0.25) is 0 Å². The first kappa shape index (κ1) is 21.0. The van der Waals surface area contributed by atoms with E-state index < -0.39 is 0 Å². The average Bonchev–Trinajstić information content (AvgIpc) is 3.22. The van der Waals surface area contributed by atoms with Gasteiger partial charge in [-0.3, -0.25) is 0 Å². The molecule has 0 atom stereocenters. The fourth-order valence-corrected chi connectivity index (χ4v) is 6.24. The van der Waals surface area contributed by atoms with E-state index in [1.54, 1.807) is 14.2 Å². The smallest absolute Gasteiger partial charge is 0.161 e. The van der Waals surface area contributed by atoms with E-state index in [9.17, 15) is 0 Å². The monoisotopic (exact) mass is 446 g/mol. The molecule has 3 fully saturated rings. The van der Waals surface area contributed by atoms with Crippen molar-refractivity contribution in [3.8, 4) is 22.9 Å². The second kappa shape index (κ2) is 8.03. The molecular formula is C27H34N4O2. The highest BCUT2D eigenvalue weighted by molar-refractivity contribution is 5.83. The van der Waals surface area contributed by atoms with Crippen LogP contribution in [0.4, 0.5) is 0 Å². The molecule has 2 saturated heterocycles. The second-order valence-electron chi connectivity index (χ2n) is 10.4. The molecule has 174 valence electrons. The lowest BCUT2D eigenvalue weighted by Gasteiger charge is -2.58. The zero-order valence-electron chi connectivity index (χ0n) is 19.9. The molecule has 6 nitrogen and oxygen atoms in total. The Morgan fingerprint density at radius 3 is 2.42 bits per heavy atom. The van der Waals surface area contributed by atoms with E-state index in [1.807, 2.05) is 18.2 Å². The van der Waals surface area contributed by atoms with Crippen LogP contribution >= 0.6 is 0 Å². The van der Waals surface area contributed by atoms with Crippen molar-refractivity contribution in [2.24, 2.45) is 5.41 Å². The van der Waals surface area contributed by atoms with Crippen LogP contribution < -0.4 is 14.8 Å². The summed E-state index contributed by atoms with van der Waals surface area (Å²) >= 11 is 0. The van der Waals surface area contributed by atoms with Crippen molar-refractivity contribution < 1.29 is 9.47 Å². The first-order valence-corrected chi connectivity index (χ1v) is 12.2. The van der Waals surface area contributed by atoms with Crippen molar-refractivity contribution in [2.45, 2.75) is 44.6 Å². The molecule has 1 aliphatic carbocycles. The van der Waals surface area contributed by atoms with Crippen LogP contribution in [-0.2, 0) is 0 Å². The standard InChI is InChI=1S/C27H34N4O2/c1-17-10-20(18-6-8-31(9-7-18)21-13-27(14-21)15-28-16-27)11-22-25(17)30-26(29-22)19-4-5-23(32-2)24(12-19)33-3/h4-5,10-12,18,21,28H,6-9,13-16H2,1-3H3,(H,29,30). The SMILES string of the molecule is COc1ccc(-c2nc3c(C)cc(C4CCN(C5CC6(CNC6)C5)CC4)cc3[nH]2)cc1OC. The summed E-state index contributed by atoms with van der Waals surface area (Å²) in [6.45, 7) is 7.13. The zero-order chi connectivity index (χ0) is 22.6. The number of likely N-dealkylation sites (tertiary alicyclic amines) is 1. The largest absolute Gasteiger partial charge is 0.493 e. The summed E-state index contributed by atoms with van der Waals surface area (Å²) in [5.74, 6) is 2.94. The van der Waals surface area contributed by atoms with Crippen molar-refractivity contribution in [2.75, 3.05) is 40.4 Å². The van der Waals surface area contributed by atoms with Crippen molar-refractivity contribution >= 4 is 11.0 Å². The molecule has 1 aromatic heterocycles. The Morgan fingerprint density at radius 1 is 1.00 bits per heavy atom. The van der Waals surface area contributed by atoms with Gasteiger partial charge in [-0.25, -0.2) is 4.98 Å². The molecule has 6 heteroatoms. The number of benzene rings is 2. The van der Waals surface area contributed by atoms with E-state index in [1.165, 1.54) is 63.0 Å². The highest BCUT2D eigenvalue weighted by Crippen LogP contribution is 2.47. The number of nitrogens with one attached hydrogen (secondary N) is 2. The minimum absolute atomic E-state index is 0.636. The number of hydrogen-bond acceptors (Lipinski definition) is 5. The number of fused-ring (bicyclic) bond motifs is 1. The molecule has 0 unspecified atom stereocenters. The third kappa shape index (κ3) is 3.60. The van der Waals surface area contributed by atoms with E-state index >= 15 is 0 Å². The molecule has 1 saturated carbocycles. The topological polar surface area (TPSA) is 62.4 Å². The highest BCUT2D eigenvalue weighted by Gasteiger charge is 2.50. The number of hydrogen-bond donors (Lipinski definition) is 2. The van der Waals surface area contributed by atoms with E-state index in [4.69, 9.17) is 14.5 Å². The summed E-state index contributed by atoms with van der Waals surface area (Å²) in [5.41, 5.74) is 6.53. The molecular weight excluding hydrogens is 412 g/mol. The second-order valence-corrected chi connectivity index (χ2v) is 10.4. The molecule has 2 N–H and O–H groups in total. The van der Waals surface area contributed by atoms with Gasteiger partial charge >= 0.3 is 0 Å². The Bertz CT molecular complexity index is 1170. The van der Waals surface area contributed by atoms with Crippen LogP contribution in [0.25, 0.3) is 22.4 Å². The van der Waals surface area contributed by atoms with Crippen LogP contribution in [-0.4, -0.2) is 61.3 Å². The third-order valence-corrected chi connectivity index (χ3v) is 8.31. The Kier molecular flexibility index (Phi) is 5.11. The van der Waals surface area contributed by atoms with Crippen LogP contribution in [0.3, 0.4) is 0 Å². The van der Waals surface area contributed by atoms with E-state index in [0.717, 1.165) is 34.2 Å². The predicted molar refractivity (Wildman–Crippen MR) is 131 cm³/mol. The summed E-state index contributed by atoms with van der Waals surface area (Å²) in [5, 5.41) is 3.46. The van der Waals surface area contributed by atoms with E-state index in [2.05, 4.69) is 34.3 Å². The molecule has 0 amide bonds. The molecule has 1 spiro atoms. The lowest BCUT2D eigenvalue weighted by atomic mass is 9.61. The number of aromatic nitrogens is 2. The maximum atomic E-state index is 5.48. The number of imidazole rings is 1. The Hall–Kier alpha value is -2.57. The third-order valence-electron chi connectivity index (χ3n) is 8.31. The molecule has 0 radical (unpaired) electrons. The van der Waals surface area contributed by atoms with Gasteiger partial charge in [-0.2, -0.15) is 0 Å². The molecule has 6 rings (SSSR count). The minimum atomic E-state index is 0.636. The first-order valence-electron chi connectivity index (χ1n) is 12.2. The quantitative estimate of drug-likeness (QED) is 0.605. The minimum Gasteiger partial charge on any atom is -0.493 e. The Labute approximate surface area is 195 Å². The number of rotatable bonds is 5. The lowest BCUT2D eigenvalue weighted by molar-refractivity contribution is -0.0432. The number of piperidine rings is 1. The first-order chi connectivity index (χ1) is 16.1. The maximum absolute atomic E-state index is 5.48. The Morgan fingerprint density at radius 2 is 1.76 bits per heavy atom. The average molecular weight is 447 g/mol. The maximum Gasteiger partial charge on any atom is 0.161 e. The number of methoxy groups -OCH3 is 2. The van der Waals surface area contributed by atoms with Crippen LogP contribution in [0.1, 0.15) is 42.7 Å². The van der Waals surface area contributed by atoms with Gasteiger partial charge in [0, 0.05) is 24.7 Å². The van der Waals surface area contributed by atoms with Crippen LogP contribution in [0, 0.1) is 12.3 Å². The van der Waals surface area contributed by atoms with Gasteiger partial charge in [0.05, 0.1) is 25.3 Å². The van der Waals surface area contributed by atoms with Crippen molar-refractivity contribution in [1.29, 1.82) is 0 Å². The normalized spacial score (nSPS) is 21.2. The van der Waals surface area contributed by atoms with Gasteiger partial charge in [0.2, 0.25) is 0 Å². The summed E-state index contributed by atoms with van der Waals surface area (Å²) in [6, 6.07) is 11.5. The lowest BCUT2D eigenvalue weighted by Crippen LogP contribution is -2.65. The molecule has 2 aliphatic heterocycles. The summed E-state index contributed by atoms with van der Waals surface area (Å²) < 4.78 is 10.9. The number of nitrogens with zero attached hydrogens (tertiary/aromatic N) is 2. The van der Waals surface area contributed by atoms with Gasteiger partial charge in [0.1, 0.15) is 5.82 Å². The van der Waals surface area contributed by atoms with Crippen LogP contribution in [0.15, 0.2) is 30.3 Å². The fraction of sp³-hybridized carbons (Fsp3) is 0.519. The summed E-state index contributed by atoms with van der Waals surface area (Å²) in [7, 11) is 3.32. The summed E-state index contributed by atoms with van der Waals surface area (Å²) in [6.07, 6.45) is 5.32. The van der Waals surface area contributed by atoms with Gasteiger partial charge in [0.25, 0.3) is 0 Å². The highest BCUT2D eigenvalue weighted by atomic mass is 16.5. The van der Waals surface area contributed by atoms with Gasteiger partial charge in [-0.1, -0.05) is 6.07 Å². The summed E-state index contributed by atoms with van der Waals surface area (Å²) in [4.78, 5) is 11.2. The number of aryl methyl sites for hydroxylation is 1.